The van der Waals surface area contributed by atoms with E-state index in [1.54, 1.807) is 0 Å². The topological polar surface area (TPSA) is 30.2 Å². The normalized spacial score (nSPS) is 11.3. The van der Waals surface area contributed by atoms with Crippen molar-refractivity contribution in [1.82, 2.24) is 14.6 Å². The molecule has 0 N–H and O–H groups in total. The van der Waals surface area contributed by atoms with Crippen LogP contribution in [0.4, 0.5) is 0 Å². The SMILES string of the molecule is c1ccc(-c2cccc(-c3cc(-c4ccc(-c5ccc6cc(-c7ccccc7)n7nc(-c8ccccc8)c(-c8ccccc8)c7c6c5)cc4)cc(-c4cccc(-c5ccccc5)c4)n3)c2)cc1. The van der Waals surface area contributed by atoms with E-state index in [9.17, 15) is 0 Å². The monoisotopic (exact) mass is 853 g/mol. The van der Waals surface area contributed by atoms with Crippen LogP contribution in [0.3, 0.4) is 0 Å². The second kappa shape index (κ2) is 17.2. The lowest BCUT2D eigenvalue weighted by molar-refractivity contribution is 0.979. The molecule has 0 aliphatic carbocycles. The maximum atomic E-state index is 5.44. The molecule has 9 aromatic carbocycles. The van der Waals surface area contributed by atoms with Crippen LogP contribution in [0, 0.1) is 0 Å². The average Bonchev–Trinajstić information content (AvgIpc) is 3.83. The van der Waals surface area contributed by atoms with Crippen molar-refractivity contribution in [2.24, 2.45) is 0 Å². The highest BCUT2D eigenvalue weighted by Crippen LogP contribution is 2.42. The highest BCUT2D eigenvalue weighted by molar-refractivity contribution is 6.09. The van der Waals surface area contributed by atoms with E-state index >= 15 is 0 Å². The minimum absolute atomic E-state index is 0.929. The summed E-state index contributed by atoms with van der Waals surface area (Å²) >= 11 is 0. The number of benzene rings is 9. The van der Waals surface area contributed by atoms with Gasteiger partial charge in [-0.1, -0.05) is 224 Å². The molecule has 0 aliphatic rings. The van der Waals surface area contributed by atoms with Gasteiger partial charge in [0.1, 0.15) is 5.69 Å². The lowest BCUT2D eigenvalue weighted by Gasteiger charge is -2.14. The summed E-state index contributed by atoms with van der Waals surface area (Å²) in [5.74, 6) is 0. The van der Waals surface area contributed by atoms with Gasteiger partial charge in [0.2, 0.25) is 0 Å². The van der Waals surface area contributed by atoms with E-state index in [-0.39, 0.29) is 0 Å². The standard InChI is InChI=1S/C64H43N3/c1-6-18-44(19-7-1)51-28-16-30-55(38-51)59-41-57(42-60(65-59)56-31-17-29-52(39-56)45-20-8-2-9-21-45)47-34-32-46(33-35-47)53-36-37-54-43-61(48-22-10-3-11-23-48)67-64(58(54)40-53)62(49-24-12-4-13-25-49)63(66-67)50-26-14-5-15-27-50/h1-43H. The van der Waals surface area contributed by atoms with Crippen molar-refractivity contribution in [3.63, 3.8) is 0 Å². The number of fused-ring (bicyclic) bond motifs is 3. The van der Waals surface area contributed by atoms with Crippen LogP contribution in [0.25, 0.3) is 117 Å². The lowest BCUT2D eigenvalue weighted by Crippen LogP contribution is -1.96. The Hall–Kier alpha value is -8.92. The van der Waals surface area contributed by atoms with Gasteiger partial charge in [-0.15, -0.1) is 0 Å². The zero-order valence-corrected chi connectivity index (χ0v) is 36.7. The smallest absolute Gasteiger partial charge is 0.101 e. The first kappa shape index (κ1) is 39.7. The molecule has 0 saturated heterocycles. The van der Waals surface area contributed by atoms with Crippen molar-refractivity contribution in [2.75, 3.05) is 0 Å². The van der Waals surface area contributed by atoms with E-state index in [1.807, 2.05) is 0 Å². The first-order valence-corrected chi connectivity index (χ1v) is 22.8. The molecule has 0 amide bonds. The predicted octanol–water partition coefficient (Wildman–Crippen LogP) is 16.9. The molecule has 0 saturated carbocycles. The molecule has 67 heavy (non-hydrogen) atoms. The van der Waals surface area contributed by atoms with Gasteiger partial charge >= 0.3 is 0 Å². The summed E-state index contributed by atoms with van der Waals surface area (Å²) in [5, 5.41) is 7.75. The molecule has 0 bridgehead atoms. The quantitative estimate of drug-likeness (QED) is 0.145. The molecule has 0 spiro atoms. The minimum atomic E-state index is 0.929. The summed E-state index contributed by atoms with van der Waals surface area (Å²) in [5.41, 5.74) is 20.7. The van der Waals surface area contributed by atoms with Gasteiger partial charge in [-0.2, -0.15) is 5.10 Å². The predicted molar refractivity (Wildman–Crippen MR) is 279 cm³/mol. The van der Waals surface area contributed by atoms with Crippen LogP contribution in [0.1, 0.15) is 0 Å². The fourth-order valence-electron chi connectivity index (χ4n) is 9.43. The first-order chi connectivity index (χ1) is 33.2. The zero-order chi connectivity index (χ0) is 44.5. The summed E-state index contributed by atoms with van der Waals surface area (Å²) in [6, 6.07) is 93.0. The Bertz CT molecular complexity index is 3590. The number of hydrogen-bond donors (Lipinski definition) is 0. The highest BCUT2D eigenvalue weighted by Gasteiger charge is 2.22. The van der Waals surface area contributed by atoms with Crippen LogP contribution in [0.2, 0.25) is 0 Å². The Morgan fingerprint density at radius 2 is 0.672 bits per heavy atom. The van der Waals surface area contributed by atoms with E-state index in [0.717, 1.165) is 106 Å². The molecule has 0 unspecified atom stereocenters. The largest absolute Gasteiger partial charge is 0.248 e. The molecule has 0 fully saturated rings. The average molecular weight is 854 g/mol. The zero-order valence-electron chi connectivity index (χ0n) is 36.7. The molecule has 0 radical (unpaired) electrons. The Balaban J connectivity index is 0.992. The van der Waals surface area contributed by atoms with Crippen molar-refractivity contribution in [3.8, 4) is 101 Å². The van der Waals surface area contributed by atoms with Gasteiger partial charge in [-0.05, 0) is 91.9 Å². The third kappa shape index (κ3) is 7.69. The Kier molecular flexibility index (Phi) is 10.2. The molecule has 3 aromatic heterocycles. The number of aromatic nitrogens is 3. The second-order valence-corrected chi connectivity index (χ2v) is 17.0. The van der Waals surface area contributed by atoms with Crippen molar-refractivity contribution in [1.29, 1.82) is 0 Å². The number of pyridine rings is 2. The molecule has 314 valence electrons. The van der Waals surface area contributed by atoms with Gasteiger partial charge in [0.05, 0.1) is 22.6 Å². The maximum absolute atomic E-state index is 5.44. The van der Waals surface area contributed by atoms with E-state index in [0.29, 0.717) is 0 Å². The molecule has 3 heterocycles. The van der Waals surface area contributed by atoms with Gasteiger partial charge in [0.15, 0.2) is 0 Å². The third-order valence-electron chi connectivity index (χ3n) is 12.8. The summed E-state index contributed by atoms with van der Waals surface area (Å²) in [6.45, 7) is 0. The molecule has 12 rings (SSSR count). The van der Waals surface area contributed by atoms with E-state index in [2.05, 4.69) is 265 Å². The van der Waals surface area contributed by atoms with Crippen molar-refractivity contribution < 1.29 is 0 Å². The third-order valence-corrected chi connectivity index (χ3v) is 12.8. The number of rotatable bonds is 9. The number of hydrogen-bond acceptors (Lipinski definition) is 2. The Morgan fingerprint density at radius 1 is 0.269 bits per heavy atom. The van der Waals surface area contributed by atoms with Crippen LogP contribution in [-0.2, 0) is 0 Å². The Morgan fingerprint density at radius 3 is 1.21 bits per heavy atom. The van der Waals surface area contributed by atoms with E-state index < -0.39 is 0 Å². The number of nitrogens with zero attached hydrogens (tertiary/aromatic N) is 3. The molecular formula is C64H43N3. The van der Waals surface area contributed by atoms with Gasteiger partial charge in [0, 0.05) is 33.2 Å². The molecule has 3 nitrogen and oxygen atoms in total. The van der Waals surface area contributed by atoms with Gasteiger partial charge < -0.3 is 0 Å². The van der Waals surface area contributed by atoms with E-state index in [1.165, 1.54) is 11.1 Å². The highest BCUT2D eigenvalue weighted by atomic mass is 15.2. The van der Waals surface area contributed by atoms with Crippen LogP contribution in [0.5, 0.6) is 0 Å². The van der Waals surface area contributed by atoms with Gasteiger partial charge in [-0.25, -0.2) is 9.50 Å². The molecule has 3 heteroatoms. The van der Waals surface area contributed by atoms with E-state index in [4.69, 9.17) is 10.1 Å². The first-order valence-electron chi connectivity index (χ1n) is 22.8. The lowest BCUT2D eigenvalue weighted by atomic mass is 9.94. The molecule has 0 atom stereocenters. The fraction of sp³-hybridized carbons (Fsp3) is 0. The summed E-state index contributed by atoms with van der Waals surface area (Å²) in [4.78, 5) is 5.36. The Labute approximate surface area is 390 Å². The molecule has 0 aliphatic heterocycles. The van der Waals surface area contributed by atoms with Crippen LogP contribution >= 0.6 is 0 Å². The summed E-state index contributed by atoms with van der Waals surface area (Å²) < 4.78 is 2.17. The van der Waals surface area contributed by atoms with Crippen molar-refractivity contribution in [3.05, 3.63) is 261 Å². The second-order valence-electron chi connectivity index (χ2n) is 17.0. The van der Waals surface area contributed by atoms with Crippen molar-refractivity contribution in [2.45, 2.75) is 0 Å². The fourth-order valence-corrected chi connectivity index (χ4v) is 9.43. The van der Waals surface area contributed by atoms with Crippen molar-refractivity contribution >= 4 is 16.3 Å². The maximum Gasteiger partial charge on any atom is 0.101 e. The van der Waals surface area contributed by atoms with Crippen LogP contribution < -0.4 is 0 Å². The molecular weight excluding hydrogens is 811 g/mol. The van der Waals surface area contributed by atoms with Gasteiger partial charge in [-0.3, -0.25) is 0 Å². The van der Waals surface area contributed by atoms with Gasteiger partial charge in [0.25, 0.3) is 0 Å². The van der Waals surface area contributed by atoms with Crippen LogP contribution in [0.15, 0.2) is 261 Å². The minimum Gasteiger partial charge on any atom is -0.248 e. The summed E-state index contributed by atoms with van der Waals surface area (Å²) in [7, 11) is 0. The van der Waals surface area contributed by atoms with Crippen LogP contribution in [-0.4, -0.2) is 14.6 Å². The molecule has 12 aromatic rings. The summed E-state index contributed by atoms with van der Waals surface area (Å²) in [6.07, 6.45) is 0.